The zero-order valence-corrected chi connectivity index (χ0v) is 12.2. The van der Waals surface area contributed by atoms with Gasteiger partial charge in [0.05, 0.1) is 13.1 Å². The Morgan fingerprint density at radius 1 is 1.19 bits per heavy atom. The van der Waals surface area contributed by atoms with Gasteiger partial charge in [0.1, 0.15) is 11.3 Å². The van der Waals surface area contributed by atoms with Gasteiger partial charge in [0.15, 0.2) is 0 Å². The fraction of sp³-hybridized carbons (Fsp3) is 0.588. The zero-order valence-electron chi connectivity index (χ0n) is 12.2. The number of rotatable bonds is 6. The van der Waals surface area contributed by atoms with Crippen LogP contribution in [0.5, 0.6) is 0 Å². The quantitative estimate of drug-likeness (QED) is 0.803. The molecule has 1 unspecified atom stereocenters. The van der Waals surface area contributed by atoms with Crippen LogP contribution in [-0.2, 0) is 11.3 Å². The lowest BCUT2D eigenvalue weighted by molar-refractivity contribution is -0.121. The summed E-state index contributed by atoms with van der Waals surface area (Å²) in [7, 11) is 0. The highest BCUT2D eigenvalue weighted by Crippen LogP contribution is 2.48. The molecule has 1 aromatic rings. The Balaban J connectivity index is 1.44. The summed E-state index contributed by atoms with van der Waals surface area (Å²) in [5.74, 6) is 1.33. The predicted molar refractivity (Wildman–Crippen MR) is 79.5 cm³/mol. The highest BCUT2D eigenvalue weighted by molar-refractivity contribution is 5.84. The Morgan fingerprint density at radius 3 is 2.62 bits per heavy atom. The number of carbonyl (C=O) groups is 1. The lowest BCUT2D eigenvalue weighted by atomic mass is 9.87. The Kier molecular flexibility index (Phi) is 3.05. The molecule has 4 rings (SSSR count). The van der Waals surface area contributed by atoms with Crippen LogP contribution in [0, 0.1) is 11.8 Å². The first kappa shape index (κ1) is 13.0. The highest BCUT2D eigenvalue weighted by atomic mass is 16.1. The van der Waals surface area contributed by atoms with E-state index in [9.17, 15) is 4.79 Å². The molecule has 4 heteroatoms. The maximum atomic E-state index is 12.2. The van der Waals surface area contributed by atoms with E-state index in [0.29, 0.717) is 24.0 Å². The summed E-state index contributed by atoms with van der Waals surface area (Å²) in [6.07, 6.45) is 5.19. The molecule has 0 N–H and O–H groups in total. The number of carbonyl (C=O) groups excluding carboxylic acids is 1. The van der Waals surface area contributed by atoms with Crippen molar-refractivity contribution in [2.45, 2.75) is 44.2 Å². The van der Waals surface area contributed by atoms with E-state index in [-0.39, 0.29) is 5.54 Å². The monoisotopic (exact) mass is 283 g/mol. The predicted octanol–water partition coefficient (Wildman–Crippen LogP) is 3.39. The summed E-state index contributed by atoms with van der Waals surface area (Å²) in [6.45, 7) is 1.60. The molecule has 1 aliphatic heterocycles. The van der Waals surface area contributed by atoms with E-state index in [1.807, 2.05) is 23.2 Å². The van der Waals surface area contributed by atoms with Crippen LogP contribution >= 0.6 is 0 Å². The van der Waals surface area contributed by atoms with Crippen LogP contribution in [0.3, 0.4) is 0 Å². The SMILES string of the molecule is O=C(CC1(C2CC2)CN(Cc2ccccc2)N=N1)C1CC1. The molecule has 0 bridgehead atoms. The van der Waals surface area contributed by atoms with Crippen LogP contribution in [0.2, 0.25) is 0 Å². The Morgan fingerprint density at radius 2 is 1.95 bits per heavy atom. The van der Waals surface area contributed by atoms with Crippen LogP contribution in [0.4, 0.5) is 0 Å². The molecule has 3 aliphatic rings. The molecule has 2 fully saturated rings. The Hall–Kier alpha value is -1.71. The molecule has 1 atom stereocenters. The second-order valence-electron chi connectivity index (χ2n) is 6.79. The first-order valence-electron chi connectivity index (χ1n) is 8.00. The smallest absolute Gasteiger partial charge is 0.138 e. The molecule has 21 heavy (non-hydrogen) atoms. The summed E-state index contributed by atoms with van der Waals surface area (Å²) in [5, 5.41) is 11.0. The van der Waals surface area contributed by atoms with Gasteiger partial charge in [0.2, 0.25) is 0 Å². The van der Waals surface area contributed by atoms with Gasteiger partial charge in [-0.25, -0.2) is 0 Å². The van der Waals surface area contributed by atoms with Crippen molar-refractivity contribution in [2.24, 2.45) is 22.2 Å². The summed E-state index contributed by atoms with van der Waals surface area (Å²) in [5.41, 5.74) is 1.03. The van der Waals surface area contributed by atoms with Gasteiger partial charge in [0.25, 0.3) is 0 Å². The van der Waals surface area contributed by atoms with Crippen molar-refractivity contribution in [1.29, 1.82) is 0 Å². The van der Waals surface area contributed by atoms with E-state index < -0.39 is 0 Å². The molecule has 0 spiro atoms. The van der Waals surface area contributed by atoms with Crippen LogP contribution < -0.4 is 0 Å². The molecule has 4 nitrogen and oxygen atoms in total. The average molecular weight is 283 g/mol. The van der Waals surface area contributed by atoms with Crippen molar-refractivity contribution in [1.82, 2.24) is 5.01 Å². The first-order chi connectivity index (χ1) is 10.3. The number of benzene rings is 1. The number of Topliss-reactive ketones (excluding diaryl/α,β-unsaturated/α-hetero) is 1. The van der Waals surface area contributed by atoms with Gasteiger partial charge >= 0.3 is 0 Å². The second-order valence-corrected chi connectivity index (χ2v) is 6.79. The second kappa shape index (κ2) is 4.93. The molecule has 2 saturated carbocycles. The van der Waals surface area contributed by atoms with Crippen molar-refractivity contribution < 1.29 is 4.79 Å². The van der Waals surface area contributed by atoms with E-state index in [1.54, 1.807) is 0 Å². The molecule has 1 aromatic carbocycles. The Labute approximate surface area is 125 Å². The van der Waals surface area contributed by atoms with Crippen LogP contribution in [0.1, 0.15) is 37.7 Å². The molecule has 0 aromatic heterocycles. The summed E-state index contributed by atoms with van der Waals surface area (Å²) in [4.78, 5) is 12.2. The minimum absolute atomic E-state index is 0.214. The maximum absolute atomic E-state index is 12.2. The third kappa shape index (κ3) is 2.71. The normalized spacial score (nSPS) is 28.1. The highest BCUT2D eigenvalue weighted by Gasteiger charge is 2.52. The van der Waals surface area contributed by atoms with Gasteiger partial charge in [-0.05, 0) is 37.2 Å². The topological polar surface area (TPSA) is 45.0 Å². The minimum atomic E-state index is -0.214. The van der Waals surface area contributed by atoms with Gasteiger partial charge < -0.3 is 0 Å². The van der Waals surface area contributed by atoms with Gasteiger partial charge in [-0.1, -0.05) is 35.6 Å². The third-order valence-corrected chi connectivity index (χ3v) is 4.88. The summed E-state index contributed by atoms with van der Waals surface area (Å²) in [6, 6.07) is 10.3. The van der Waals surface area contributed by atoms with Gasteiger partial charge in [-0.2, -0.15) is 5.11 Å². The lowest BCUT2D eigenvalue weighted by Gasteiger charge is -2.25. The summed E-state index contributed by atoms with van der Waals surface area (Å²) < 4.78 is 0. The molecule has 1 heterocycles. The van der Waals surface area contributed by atoms with Crippen molar-refractivity contribution in [2.75, 3.05) is 6.54 Å². The van der Waals surface area contributed by atoms with Gasteiger partial charge in [-0.3, -0.25) is 9.80 Å². The number of hydrogen-bond donors (Lipinski definition) is 0. The molecule has 0 radical (unpaired) electrons. The molecule has 0 amide bonds. The number of nitrogens with zero attached hydrogens (tertiary/aromatic N) is 3. The number of ketones is 1. The largest absolute Gasteiger partial charge is 0.299 e. The fourth-order valence-corrected chi connectivity index (χ4v) is 3.33. The van der Waals surface area contributed by atoms with Crippen molar-refractivity contribution in [3.63, 3.8) is 0 Å². The third-order valence-electron chi connectivity index (χ3n) is 4.88. The molecule has 0 saturated heterocycles. The van der Waals surface area contributed by atoms with Crippen molar-refractivity contribution >= 4 is 5.78 Å². The van der Waals surface area contributed by atoms with Gasteiger partial charge in [-0.15, -0.1) is 0 Å². The molecule has 2 aliphatic carbocycles. The summed E-state index contributed by atoms with van der Waals surface area (Å²) >= 11 is 0. The zero-order chi connectivity index (χ0) is 14.3. The molecular formula is C17H21N3O. The van der Waals surface area contributed by atoms with Crippen molar-refractivity contribution in [3.05, 3.63) is 35.9 Å². The number of hydrogen-bond acceptors (Lipinski definition) is 4. The van der Waals surface area contributed by atoms with E-state index >= 15 is 0 Å². The first-order valence-corrected chi connectivity index (χ1v) is 8.00. The standard InChI is InChI=1S/C17H21N3O/c21-16(14-6-7-14)10-17(15-8-9-15)12-20(19-18-17)11-13-4-2-1-3-5-13/h1-5,14-15H,6-12H2. The van der Waals surface area contributed by atoms with Crippen LogP contribution in [0.15, 0.2) is 40.7 Å². The van der Waals surface area contributed by atoms with E-state index in [1.165, 1.54) is 18.4 Å². The van der Waals surface area contributed by atoms with E-state index in [0.717, 1.165) is 25.9 Å². The molecule has 110 valence electrons. The van der Waals surface area contributed by atoms with Crippen LogP contribution in [-0.4, -0.2) is 22.9 Å². The fourth-order valence-electron chi connectivity index (χ4n) is 3.33. The Bertz CT molecular complexity index is 563. The van der Waals surface area contributed by atoms with Gasteiger partial charge in [0, 0.05) is 12.3 Å². The van der Waals surface area contributed by atoms with E-state index in [4.69, 9.17) is 0 Å². The molecular weight excluding hydrogens is 262 g/mol. The average Bonchev–Trinajstić information content (AvgIpc) is 3.38. The van der Waals surface area contributed by atoms with Crippen LogP contribution in [0.25, 0.3) is 0 Å². The minimum Gasteiger partial charge on any atom is -0.299 e. The van der Waals surface area contributed by atoms with E-state index in [2.05, 4.69) is 22.5 Å². The van der Waals surface area contributed by atoms with Crippen molar-refractivity contribution in [3.8, 4) is 0 Å². The lowest BCUT2D eigenvalue weighted by Crippen LogP contribution is -2.38. The maximum Gasteiger partial charge on any atom is 0.138 e.